The van der Waals surface area contributed by atoms with Gasteiger partial charge in [-0.05, 0) is 50.3 Å². The van der Waals surface area contributed by atoms with Crippen LogP contribution in [0.25, 0.3) is 0 Å². The lowest BCUT2D eigenvalue weighted by Gasteiger charge is -2.29. The number of urea groups is 1. The van der Waals surface area contributed by atoms with Gasteiger partial charge in [-0.1, -0.05) is 31.0 Å². The minimum atomic E-state index is -0.416. The molecule has 1 fully saturated rings. The Morgan fingerprint density at radius 3 is 2.71 bits per heavy atom. The largest absolute Gasteiger partial charge is 0.391 e. The Kier molecular flexibility index (Phi) is 5.23. The van der Waals surface area contributed by atoms with Gasteiger partial charge < -0.3 is 15.7 Å². The van der Waals surface area contributed by atoms with Gasteiger partial charge in [-0.3, -0.25) is 0 Å². The fourth-order valence-electron chi connectivity index (χ4n) is 3.01. The molecule has 4 nitrogen and oxygen atoms in total. The maximum atomic E-state index is 12.1. The molecule has 3 unspecified atom stereocenters. The highest BCUT2D eigenvalue weighted by Gasteiger charge is 2.25. The van der Waals surface area contributed by atoms with E-state index in [4.69, 9.17) is 0 Å². The second kappa shape index (κ2) is 6.94. The van der Waals surface area contributed by atoms with E-state index in [9.17, 15) is 9.90 Å². The van der Waals surface area contributed by atoms with Crippen LogP contribution in [0, 0.1) is 13.8 Å². The average Bonchev–Trinajstić information content (AvgIpc) is 2.44. The summed E-state index contributed by atoms with van der Waals surface area (Å²) in [5, 5.41) is 15.8. The molecule has 1 aliphatic carbocycles. The number of carbonyl (C=O) groups is 1. The summed E-state index contributed by atoms with van der Waals surface area (Å²) in [4.78, 5) is 12.1. The second-order valence-corrected chi connectivity index (χ2v) is 6.09. The van der Waals surface area contributed by atoms with Gasteiger partial charge >= 0.3 is 6.03 Å². The summed E-state index contributed by atoms with van der Waals surface area (Å²) in [5.41, 5.74) is 3.57. The third-order valence-corrected chi connectivity index (χ3v) is 4.51. The lowest BCUT2D eigenvalue weighted by atomic mass is 9.93. The van der Waals surface area contributed by atoms with Crippen LogP contribution in [0.1, 0.15) is 55.3 Å². The summed E-state index contributed by atoms with van der Waals surface area (Å²) in [7, 11) is 0. The van der Waals surface area contributed by atoms with Crippen molar-refractivity contribution in [1.29, 1.82) is 0 Å². The fourth-order valence-corrected chi connectivity index (χ4v) is 3.01. The number of aryl methyl sites for hydroxylation is 1. The number of aliphatic hydroxyl groups excluding tert-OH is 1. The summed E-state index contributed by atoms with van der Waals surface area (Å²) in [6.45, 7) is 6.13. The first-order valence-corrected chi connectivity index (χ1v) is 7.80. The number of aliphatic hydroxyl groups is 1. The molecule has 3 N–H and O–H groups in total. The number of amides is 2. The van der Waals surface area contributed by atoms with E-state index < -0.39 is 6.10 Å². The van der Waals surface area contributed by atoms with E-state index in [0.29, 0.717) is 0 Å². The summed E-state index contributed by atoms with van der Waals surface area (Å²) in [6.07, 6.45) is 3.32. The normalized spacial score (nSPS) is 23.4. The van der Waals surface area contributed by atoms with Crippen LogP contribution in [0.5, 0.6) is 0 Å². The van der Waals surface area contributed by atoms with Crippen molar-refractivity contribution < 1.29 is 9.90 Å². The third kappa shape index (κ3) is 3.97. The molecule has 21 heavy (non-hydrogen) atoms. The van der Waals surface area contributed by atoms with E-state index in [-0.39, 0.29) is 18.1 Å². The van der Waals surface area contributed by atoms with Crippen LogP contribution >= 0.6 is 0 Å². The molecule has 1 aromatic rings. The summed E-state index contributed by atoms with van der Waals surface area (Å²) >= 11 is 0. The van der Waals surface area contributed by atoms with E-state index >= 15 is 0 Å². The average molecular weight is 290 g/mol. The molecule has 0 radical (unpaired) electrons. The number of hydrogen-bond acceptors (Lipinski definition) is 2. The second-order valence-electron chi connectivity index (χ2n) is 6.09. The van der Waals surface area contributed by atoms with Gasteiger partial charge in [-0.25, -0.2) is 4.79 Å². The molecular weight excluding hydrogens is 264 g/mol. The summed E-state index contributed by atoms with van der Waals surface area (Å²) in [5.74, 6) is 0. The smallest absolute Gasteiger partial charge is 0.315 e. The van der Waals surface area contributed by atoms with Crippen molar-refractivity contribution in [2.45, 2.75) is 64.6 Å². The number of benzene rings is 1. The summed E-state index contributed by atoms with van der Waals surface area (Å²) in [6, 6.07) is 5.76. The molecule has 0 aliphatic heterocycles. The van der Waals surface area contributed by atoms with Gasteiger partial charge in [0.1, 0.15) is 0 Å². The van der Waals surface area contributed by atoms with E-state index in [1.807, 2.05) is 19.1 Å². The minimum absolute atomic E-state index is 0.0503. The van der Waals surface area contributed by atoms with Crippen molar-refractivity contribution in [2.24, 2.45) is 0 Å². The number of rotatable bonds is 3. The van der Waals surface area contributed by atoms with Gasteiger partial charge in [0.15, 0.2) is 0 Å². The molecule has 1 aromatic carbocycles. The quantitative estimate of drug-likeness (QED) is 0.801. The molecule has 3 atom stereocenters. The molecule has 4 heteroatoms. The first kappa shape index (κ1) is 15.8. The Labute approximate surface area is 126 Å². The number of carbonyl (C=O) groups excluding carboxylic acids is 1. The molecule has 0 heterocycles. The number of hydrogen-bond donors (Lipinski definition) is 3. The van der Waals surface area contributed by atoms with E-state index in [2.05, 4.69) is 30.5 Å². The van der Waals surface area contributed by atoms with Crippen molar-refractivity contribution in [1.82, 2.24) is 10.6 Å². The monoisotopic (exact) mass is 290 g/mol. The van der Waals surface area contributed by atoms with Crippen LogP contribution in [-0.4, -0.2) is 23.3 Å². The molecule has 1 aliphatic rings. The van der Waals surface area contributed by atoms with Gasteiger partial charge in [0.05, 0.1) is 18.2 Å². The highest BCUT2D eigenvalue weighted by Crippen LogP contribution is 2.21. The van der Waals surface area contributed by atoms with Crippen molar-refractivity contribution in [3.63, 3.8) is 0 Å². The van der Waals surface area contributed by atoms with Gasteiger partial charge in [0, 0.05) is 0 Å². The van der Waals surface area contributed by atoms with Crippen LogP contribution in [0.15, 0.2) is 18.2 Å². The first-order chi connectivity index (χ1) is 9.99. The van der Waals surface area contributed by atoms with Gasteiger partial charge in [0.25, 0.3) is 0 Å². The third-order valence-electron chi connectivity index (χ3n) is 4.51. The topological polar surface area (TPSA) is 61.4 Å². The zero-order valence-corrected chi connectivity index (χ0v) is 13.1. The maximum absolute atomic E-state index is 12.1. The summed E-state index contributed by atoms with van der Waals surface area (Å²) < 4.78 is 0. The zero-order valence-electron chi connectivity index (χ0n) is 13.1. The highest BCUT2D eigenvalue weighted by atomic mass is 16.3. The van der Waals surface area contributed by atoms with Crippen LogP contribution in [-0.2, 0) is 0 Å². The van der Waals surface area contributed by atoms with Crippen LogP contribution in [0.2, 0.25) is 0 Å². The molecule has 0 saturated heterocycles. The van der Waals surface area contributed by atoms with Gasteiger partial charge in [0.2, 0.25) is 0 Å². The van der Waals surface area contributed by atoms with Crippen molar-refractivity contribution in [3.05, 3.63) is 34.9 Å². The molecule has 2 amide bonds. The molecule has 116 valence electrons. The standard InChI is InChI=1S/C17H26N2O2/c1-11-7-6-8-14(12(11)2)13(3)18-17(21)19-15-9-4-5-10-16(15)20/h6-8,13,15-16,20H,4-5,9-10H2,1-3H3,(H2,18,19,21). The van der Waals surface area contributed by atoms with Gasteiger partial charge in [-0.2, -0.15) is 0 Å². The van der Waals surface area contributed by atoms with Crippen LogP contribution in [0.4, 0.5) is 4.79 Å². The van der Waals surface area contributed by atoms with Gasteiger partial charge in [-0.15, -0.1) is 0 Å². The van der Waals surface area contributed by atoms with E-state index in [1.165, 1.54) is 11.1 Å². The first-order valence-electron chi connectivity index (χ1n) is 7.80. The Hall–Kier alpha value is -1.55. The molecule has 0 spiro atoms. The molecule has 0 bridgehead atoms. The van der Waals surface area contributed by atoms with Crippen LogP contribution < -0.4 is 10.6 Å². The van der Waals surface area contributed by atoms with Crippen molar-refractivity contribution in [2.75, 3.05) is 0 Å². The SMILES string of the molecule is Cc1cccc(C(C)NC(=O)NC2CCCCC2O)c1C. The molecule has 0 aromatic heterocycles. The minimum Gasteiger partial charge on any atom is -0.391 e. The maximum Gasteiger partial charge on any atom is 0.315 e. The van der Waals surface area contributed by atoms with Crippen molar-refractivity contribution in [3.8, 4) is 0 Å². The Morgan fingerprint density at radius 2 is 2.00 bits per heavy atom. The zero-order chi connectivity index (χ0) is 15.4. The lowest BCUT2D eigenvalue weighted by Crippen LogP contribution is -2.49. The predicted molar refractivity (Wildman–Crippen MR) is 84.3 cm³/mol. The van der Waals surface area contributed by atoms with E-state index in [1.54, 1.807) is 0 Å². The highest BCUT2D eigenvalue weighted by molar-refractivity contribution is 5.75. The predicted octanol–water partition coefficient (Wildman–Crippen LogP) is 2.97. The Morgan fingerprint density at radius 1 is 1.29 bits per heavy atom. The Bertz CT molecular complexity index is 502. The van der Waals surface area contributed by atoms with E-state index in [0.717, 1.165) is 31.2 Å². The van der Waals surface area contributed by atoms with Crippen molar-refractivity contribution >= 4 is 6.03 Å². The lowest BCUT2D eigenvalue weighted by molar-refractivity contribution is 0.0941. The van der Waals surface area contributed by atoms with Crippen LogP contribution in [0.3, 0.4) is 0 Å². The Balaban J connectivity index is 1.94. The number of nitrogens with one attached hydrogen (secondary N) is 2. The molecular formula is C17H26N2O2. The fraction of sp³-hybridized carbons (Fsp3) is 0.588. The molecule has 1 saturated carbocycles. The molecule has 2 rings (SSSR count).